The number of hydrogen-bond acceptors (Lipinski definition) is 15. The maximum atomic E-state index is 13.2. The van der Waals surface area contributed by atoms with Crippen molar-refractivity contribution in [3.05, 3.63) is 29.2 Å². The van der Waals surface area contributed by atoms with Crippen molar-refractivity contribution in [2.45, 2.75) is 54.9 Å². The van der Waals surface area contributed by atoms with Gasteiger partial charge in [-0.25, -0.2) is 14.3 Å². The Morgan fingerprint density at radius 1 is 1.33 bits per heavy atom. The minimum Gasteiger partial charge on any atom is -0.480 e. The molecule has 3 aliphatic rings. The minimum absolute atomic E-state index is 0.0498. The molecule has 2 aliphatic heterocycles. The molecular weight excluding hydrogens is 613 g/mol. The largest absolute Gasteiger partial charge is 0.480 e. The lowest BCUT2D eigenvalue weighted by Crippen LogP contribution is -2.54. The number of nitrogens with one attached hydrogen (secondary N) is 1. The first-order chi connectivity index (χ1) is 20.2. The van der Waals surface area contributed by atoms with E-state index in [0.717, 1.165) is 36.1 Å². The number of nitrogen functional groups attached to an aromatic ring is 1. The van der Waals surface area contributed by atoms with Gasteiger partial charge in [-0.1, -0.05) is 23.0 Å². The molecule has 222 valence electrons. The second kappa shape index (κ2) is 12.9. The van der Waals surface area contributed by atoms with E-state index in [0.29, 0.717) is 24.2 Å². The number of aliphatic carboxylic acids is 2. The van der Waals surface area contributed by atoms with Gasteiger partial charge in [0.2, 0.25) is 22.6 Å². The molecule has 20 heteroatoms. The summed E-state index contributed by atoms with van der Waals surface area (Å²) in [6.45, 7) is -0.366. The Kier molecular flexibility index (Phi) is 9.02. The molecule has 42 heavy (non-hydrogen) atoms. The van der Waals surface area contributed by atoms with Gasteiger partial charge in [-0.3, -0.25) is 14.5 Å². The summed E-state index contributed by atoms with van der Waals surface area (Å²) < 4.78 is 5.18. The second-order valence-corrected chi connectivity index (χ2v) is 12.1. The Bertz CT molecular complexity index is 1490. The van der Waals surface area contributed by atoms with Crippen LogP contribution >= 0.6 is 35.1 Å². The highest BCUT2D eigenvalue weighted by molar-refractivity contribution is 8.00. The Labute approximate surface area is 249 Å². The average molecular weight is 637 g/mol. The molecule has 0 bridgehead atoms. The van der Waals surface area contributed by atoms with Crippen molar-refractivity contribution < 1.29 is 34.2 Å². The number of nitrogens with zero attached hydrogens (tertiary/aromatic N) is 8. The zero-order valence-electron chi connectivity index (χ0n) is 21.7. The Morgan fingerprint density at radius 2 is 2.17 bits per heavy atom. The molecule has 4 heterocycles. The van der Waals surface area contributed by atoms with Crippen molar-refractivity contribution in [2.24, 2.45) is 5.16 Å². The van der Waals surface area contributed by atoms with Gasteiger partial charge in [0.25, 0.3) is 5.91 Å². The molecule has 2 aromatic heterocycles. The highest BCUT2D eigenvalue weighted by Gasteiger charge is 2.45. The monoisotopic (exact) mass is 636 g/mol. The Hall–Kier alpha value is -4.04. The summed E-state index contributed by atoms with van der Waals surface area (Å²) in [5.74, 6) is -3.30. The van der Waals surface area contributed by atoms with Crippen molar-refractivity contribution in [1.29, 1.82) is 0 Å². The number of nitrogens with two attached hydrogens (primary N) is 1. The fourth-order valence-corrected chi connectivity index (χ4v) is 6.97. The normalized spacial score (nSPS) is 21.0. The van der Waals surface area contributed by atoms with Crippen molar-refractivity contribution >= 4 is 69.7 Å². The summed E-state index contributed by atoms with van der Waals surface area (Å²) in [6.07, 6.45) is 6.19. The first kappa shape index (κ1) is 29.5. The predicted molar refractivity (Wildman–Crippen MR) is 149 cm³/mol. The van der Waals surface area contributed by atoms with Gasteiger partial charge < -0.3 is 26.1 Å². The van der Waals surface area contributed by atoms with Crippen LogP contribution in [0.2, 0.25) is 0 Å². The van der Waals surface area contributed by atoms with E-state index >= 15 is 0 Å². The third-order valence-corrected chi connectivity index (χ3v) is 9.19. The summed E-state index contributed by atoms with van der Waals surface area (Å²) in [5, 5.41) is 37.3. The Balaban J connectivity index is 1.29. The van der Waals surface area contributed by atoms with Gasteiger partial charge in [-0.15, -0.1) is 16.9 Å². The molecule has 0 spiro atoms. The maximum absolute atomic E-state index is 13.2. The number of hydrogen-bond donors (Lipinski definition) is 4. The molecule has 1 aliphatic carbocycles. The number of allylic oxidation sites excluding steroid dienone is 1. The molecular formula is C22H24N10O7S3. The molecule has 2 aromatic rings. The van der Waals surface area contributed by atoms with Gasteiger partial charge in [-0.05, 0) is 41.3 Å². The van der Waals surface area contributed by atoms with Crippen molar-refractivity contribution in [1.82, 2.24) is 39.8 Å². The number of carboxylic acid groups (broad SMARTS) is 2. The molecule has 1 saturated heterocycles. The van der Waals surface area contributed by atoms with Gasteiger partial charge in [0.1, 0.15) is 17.8 Å². The molecule has 0 saturated carbocycles. The van der Waals surface area contributed by atoms with Crippen LogP contribution in [-0.2, 0) is 30.6 Å². The second-order valence-electron chi connectivity index (χ2n) is 9.19. The number of aromatic nitrogens is 6. The molecule has 3 unspecified atom stereocenters. The number of carbonyl (C=O) groups is 4. The SMILES string of the molecule is Nc1nc(/C(=N/OC2C=CCCC2)C(=O)NC(Cn2nnnc2SCC2=C(C(=O)O)N3C(=O)CC3SC2)C(=O)O)ns1. The van der Waals surface area contributed by atoms with Gasteiger partial charge in [0, 0.05) is 23.0 Å². The third kappa shape index (κ3) is 6.54. The maximum Gasteiger partial charge on any atom is 0.352 e. The predicted octanol–water partition coefficient (Wildman–Crippen LogP) is -0.0582. The van der Waals surface area contributed by atoms with E-state index in [9.17, 15) is 29.4 Å². The number of fused-ring (bicyclic) bond motifs is 1. The quantitative estimate of drug-likeness (QED) is 0.0784. The minimum atomic E-state index is -1.50. The summed E-state index contributed by atoms with van der Waals surface area (Å²) in [6, 6.07) is -1.50. The lowest BCUT2D eigenvalue weighted by molar-refractivity contribution is -0.146. The van der Waals surface area contributed by atoms with E-state index in [4.69, 9.17) is 10.6 Å². The molecule has 2 amide bonds. The molecule has 17 nitrogen and oxygen atoms in total. The first-order valence-corrected chi connectivity index (χ1v) is 15.3. The Morgan fingerprint density at radius 3 is 2.83 bits per heavy atom. The number of carboxylic acids is 2. The lowest BCUT2D eigenvalue weighted by Gasteiger charge is -2.43. The van der Waals surface area contributed by atoms with E-state index in [2.05, 4.69) is 35.4 Å². The summed E-state index contributed by atoms with van der Waals surface area (Å²) >= 11 is 3.39. The van der Waals surface area contributed by atoms with Crippen molar-refractivity contribution in [3.8, 4) is 0 Å². The lowest BCUT2D eigenvalue weighted by atomic mass is 10.1. The van der Waals surface area contributed by atoms with E-state index in [-0.39, 0.29) is 57.2 Å². The number of oxime groups is 1. The van der Waals surface area contributed by atoms with Crippen molar-refractivity contribution in [2.75, 3.05) is 17.2 Å². The number of β-lactam (4-membered cyclic amide) rings is 1. The van der Waals surface area contributed by atoms with Gasteiger partial charge >= 0.3 is 11.9 Å². The van der Waals surface area contributed by atoms with Crippen LogP contribution in [0.25, 0.3) is 0 Å². The molecule has 1 fully saturated rings. The summed E-state index contributed by atoms with van der Waals surface area (Å²) in [5.41, 5.74) is 5.79. The van der Waals surface area contributed by atoms with Crippen LogP contribution < -0.4 is 11.1 Å². The number of tetrazole rings is 1. The molecule has 3 atom stereocenters. The molecule has 5 N–H and O–H groups in total. The fourth-order valence-electron chi connectivity index (χ4n) is 4.24. The topological polar surface area (TPSA) is 241 Å². The van der Waals surface area contributed by atoms with Gasteiger partial charge in [0.05, 0.1) is 18.3 Å². The van der Waals surface area contributed by atoms with Crippen LogP contribution in [0, 0.1) is 0 Å². The number of rotatable bonds is 12. The summed E-state index contributed by atoms with van der Waals surface area (Å²) in [4.78, 5) is 60.0. The fraction of sp³-hybridized carbons (Fsp3) is 0.455. The van der Waals surface area contributed by atoms with Gasteiger partial charge in [0.15, 0.2) is 5.13 Å². The van der Waals surface area contributed by atoms with E-state index < -0.39 is 23.9 Å². The summed E-state index contributed by atoms with van der Waals surface area (Å²) in [7, 11) is 0. The number of anilines is 1. The number of amides is 2. The van der Waals surface area contributed by atoms with Crippen LogP contribution in [0.5, 0.6) is 0 Å². The molecule has 0 radical (unpaired) electrons. The van der Waals surface area contributed by atoms with Crippen LogP contribution in [0.15, 0.2) is 33.7 Å². The van der Waals surface area contributed by atoms with Crippen molar-refractivity contribution in [3.63, 3.8) is 0 Å². The first-order valence-electron chi connectivity index (χ1n) is 12.5. The highest BCUT2D eigenvalue weighted by atomic mass is 32.2. The van der Waals surface area contributed by atoms with Gasteiger partial charge in [-0.2, -0.15) is 9.36 Å². The zero-order chi connectivity index (χ0) is 29.8. The number of carbonyl (C=O) groups excluding carboxylic acids is 2. The van der Waals surface area contributed by atoms with Crippen LogP contribution in [-0.4, -0.2) is 103 Å². The van der Waals surface area contributed by atoms with Crippen LogP contribution in [0.4, 0.5) is 5.13 Å². The van der Waals surface area contributed by atoms with Crippen LogP contribution in [0.1, 0.15) is 31.5 Å². The molecule has 5 rings (SSSR count). The standard InChI is InChI=1S/C22H24N10O7S3/c23-21-25-17(28-42-21)15(27-39-11-4-2-1-3-5-11)18(34)24-12(19(35)36)7-31-22(26-29-30-31)41-9-10-8-40-14-6-13(33)32(14)16(10)20(37)38/h2,4,11-12,14H,1,3,5-9H2,(H,24,34)(H,35,36)(H,37,38)(H2,23,25,28)/b27-15-. The van der Waals surface area contributed by atoms with Crippen LogP contribution in [0.3, 0.4) is 0 Å². The molecule has 0 aromatic carbocycles. The van der Waals surface area contributed by atoms with E-state index in [1.165, 1.54) is 21.3 Å². The number of thioether (sulfide) groups is 2. The third-order valence-electron chi connectivity index (χ3n) is 6.33. The highest BCUT2D eigenvalue weighted by Crippen LogP contribution is 2.41. The van der Waals surface area contributed by atoms with E-state index in [1.807, 2.05) is 12.2 Å². The smallest absolute Gasteiger partial charge is 0.352 e. The zero-order valence-corrected chi connectivity index (χ0v) is 24.1. The average Bonchev–Trinajstić information content (AvgIpc) is 3.59. The van der Waals surface area contributed by atoms with E-state index in [1.54, 1.807) is 0 Å².